The van der Waals surface area contributed by atoms with Gasteiger partial charge in [-0.15, -0.1) is 0 Å². The quantitative estimate of drug-likeness (QED) is 0.823. The number of carbonyl (C=O) groups excluding carboxylic acids is 1. The molecule has 1 aromatic heterocycles. The fraction of sp³-hybridized carbons (Fsp3) is 0.143. The highest BCUT2D eigenvalue weighted by atomic mass is 79.9. The van der Waals surface area contributed by atoms with Crippen molar-refractivity contribution in [2.45, 2.75) is 0 Å². The molecule has 0 spiro atoms. The van der Waals surface area contributed by atoms with Crippen LogP contribution in [0, 0.1) is 0 Å². The highest BCUT2D eigenvalue weighted by Crippen LogP contribution is 2.38. The third-order valence-corrected chi connectivity index (χ3v) is 3.83. The van der Waals surface area contributed by atoms with Crippen LogP contribution in [-0.2, 0) is 0 Å². The molecule has 108 valence electrons. The van der Waals surface area contributed by atoms with Gasteiger partial charge in [0.1, 0.15) is 17.8 Å². The number of nitrogens with zero attached hydrogens (tertiary/aromatic N) is 1. The van der Waals surface area contributed by atoms with E-state index < -0.39 is 0 Å². The second-order valence-electron chi connectivity index (χ2n) is 4.27. The minimum absolute atomic E-state index is 0.312. The van der Waals surface area contributed by atoms with Crippen LogP contribution in [0.5, 0.6) is 11.5 Å². The molecule has 1 aliphatic heterocycles. The molecule has 1 aliphatic rings. The number of hydrogen-bond acceptors (Lipinski definition) is 4. The monoisotopic (exact) mass is 368 g/mol. The van der Waals surface area contributed by atoms with Gasteiger partial charge in [-0.3, -0.25) is 4.79 Å². The molecule has 0 unspecified atom stereocenters. The maximum absolute atomic E-state index is 12.2. The first-order valence-corrected chi connectivity index (χ1v) is 7.33. The first-order valence-electron chi connectivity index (χ1n) is 6.16. The standard InChI is InChI=1S/C14H10BrClN2O3/c15-13-8(2-1-3-17-13)14(19)18-10-7-12-11(6-9(10)16)20-4-5-21-12/h1-3,6-7H,4-5H2,(H,18,19). The number of fused-ring (bicyclic) bond motifs is 1. The summed E-state index contributed by atoms with van der Waals surface area (Å²) in [5, 5.41) is 3.12. The third-order valence-electron chi connectivity index (χ3n) is 2.88. The Labute approximate surface area is 134 Å². The average molecular weight is 370 g/mol. The van der Waals surface area contributed by atoms with Gasteiger partial charge in [-0.2, -0.15) is 0 Å². The van der Waals surface area contributed by atoms with Gasteiger partial charge in [0.2, 0.25) is 0 Å². The van der Waals surface area contributed by atoms with Gasteiger partial charge in [0.15, 0.2) is 11.5 Å². The predicted octanol–water partition coefficient (Wildman–Crippen LogP) is 3.52. The maximum Gasteiger partial charge on any atom is 0.258 e. The van der Waals surface area contributed by atoms with Gasteiger partial charge in [0.25, 0.3) is 5.91 Å². The zero-order valence-corrected chi connectivity index (χ0v) is 13.1. The van der Waals surface area contributed by atoms with E-state index in [0.29, 0.717) is 45.6 Å². The van der Waals surface area contributed by atoms with Crippen molar-refractivity contribution in [2.75, 3.05) is 18.5 Å². The second-order valence-corrected chi connectivity index (χ2v) is 5.43. The fourth-order valence-corrected chi connectivity index (χ4v) is 2.54. The molecule has 3 rings (SSSR count). The van der Waals surface area contributed by atoms with Gasteiger partial charge in [0.05, 0.1) is 16.3 Å². The van der Waals surface area contributed by atoms with Crippen LogP contribution in [0.1, 0.15) is 10.4 Å². The molecule has 0 radical (unpaired) electrons. The van der Waals surface area contributed by atoms with Gasteiger partial charge in [0, 0.05) is 18.3 Å². The van der Waals surface area contributed by atoms with Crippen molar-refractivity contribution in [3.63, 3.8) is 0 Å². The first kappa shape index (κ1) is 14.2. The summed E-state index contributed by atoms with van der Waals surface area (Å²) in [6, 6.07) is 6.63. The first-order chi connectivity index (χ1) is 10.1. The third kappa shape index (κ3) is 2.96. The van der Waals surface area contributed by atoms with Crippen molar-refractivity contribution in [2.24, 2.45) is 0 Å². The van der Waals surface area contributed by atoms with Gasteiger partial charge in [-0.05, 0) is 28.1 Å². The second kappa shape index (κ2) is 5.91. The molecule has 21 heavy (non-hydrogen) atoms. The van der Waals surface area contributed by atoms with E-state index >= 15 is 0 Å². The lowest BCUT2D eigenvalue weighted by molar-refractivity contribution is 0.102. The smallest absolute Gasteiger partial charge is 0.258 e. The van der Waals surface area contributed by atoms with Crippen molar-refractivity contribution in [3.05, 3.63) is 45.7 Å². The summed E-state index contributed by atoms with van der Waals surface area (Å²) in [5.41, 5.74) is 0.880. The van der Waals surface area contributed by atoms with Crippen molar-refractivity contribution in [1.29, 1.82) is 0 Å². The Hall–Kier alpha value is -1.79. The number of benzene rings is 1. The summed E-state index contributed by atoms with van der Waals surface area (Å²) in [5.74, 6) is 0.826. The van der Waals surface area contributed by atoms with E-state index in [-0.39, 0.29) is 5.91 Å². The SMILES string of the molecule is O=C(Nc1cc2c(cc1Cl)OCCO2)c1cccnc1Br. The molecule has 1 N–H and O–H groups in total. The Morgan fingerprint density at radius 3 is 2.71 bits per heavy atom. The van der Waals surface area contributed by atoms with Crippen molar-refractivity contribution < 1.29 is 14.3 Å². The molecule has 0 saturated carbocycles. The van der Waals surface area contributed by atoms with Gasteiger partial charge in [-0.1, -0.05) is 11.6 Å². The minimum atomic E-state index is -0.312. The van der Waals surface area contributed by atoms with Gasteiger partial charge < -0.3 is 14.8 Å². The summed E-state index contributed by atoms with van der Waals surface area (Å²) in [7, 11) is 0. The lowest BCUT2D eigenvalue weighted by Crippen LogP contribution is -2.17. The molecular formula is C14H10BrClN2O3. The molecule has 0 atom stereocenters. The normalized spacial score (nSPS) is 12.9. The van der Waals surface area contributed by atoms with Crippen LogP contribution in [-0.4, -0.2) is 24.1 Å². The van der Waals surface area contributed by atoms with Crippen LogP contribution in [0.2, 0.25) is 5.02 Å². The van der Waals surface area contributed by atoms with Crippen LogP contribution >= 0.6 is 27.5 Å². The van der Waals surface area contributed by atoms with E-state index in [1.807, 2.05) is 0 Å². The molecule has 1 aromatic carbocycles. The molecule has 0 bridgehead atoms. The molecule has 0 fully saturated rings. The van der Waals surface area contributed by atoms with Crippen LogP contribution < -0.4 is 14.8 Å². The molecule has 0 aliphatic carbocycles. The van der Waals surface area contributed by atoms with Crippen LogP contribution in [0.4, 0.5) is 5.69 Å². The molecular weight excluding hydrogens is 360 g/mol. The average Bonchev–Trinajstić information content (AvgIpc) is 2.48. The van der Waals surface area contributed by atoms with Crippen LogP contribution in [0.15, 0.2) is 35.1 Å². The number of pyridine rings is 1. The zero-order chi connectivity index (χ0) is 14.8. The largest absolute Gasteiger partial charge is 0.486 e. The summed E-state index contributed by atoms with van der Waals surface area (Å²) in [4.78, 5) is 16.3. The predicted molar refractivity (Wildman–Crippen MR) is 82.3 cm³/mol. The Bertz CT molecular complexity index is 709. The summed E-state index contributed by atoms with van der Waals surface area (Å²) < 4.78 is 11.4. The molecule has 1 amide bonds. The number of aromatic nitrogens is 1. The van der Waals surface area contributed by atoms with Gasteiger partial charge in [-0.25, -0.2) is 4.98 Å². The minimum Gasteiger partial charge on any atom is -0.486 e. The number of carbonyl (C=O) groups is 1. The highest BCUT2D eigenvalue weighted by molar-refractivity contribution is 9.10. The Morgan fingerprint density at radius 1 is 1.29 bits per heavy atom. The van der Waals surface area contributed by atoms with E-state index in [1.54, 1.807) is 30.5 Å². The lowest BCUT2D eigenvalue weighted by atomic mass is 10.2. The lowest BCUT2D eigenvalue weighted by Gasteiger charge is -2.20. The van der Waals surface area contributed by atoms with Crippen molar-refractivity contribution in [3.8, 4) is 11.5 Å². The summed E-state index contributed by atoms with van der Waals surface area (Å²) >= 11 is 9.39. The summed E-state index contributed by atoms with van der Waals surface area (Å²) in [6.07, 6.45) is 1.60. The number of hydrogen-bond donors (Lipinski definition) is 1. The molecule has 7 heteroatoms. The van der Waals surface area contributed by atoms with E-state index in [2.05, 4.69) is 26.2 Å². The van der Waals surface area contributed by atoms with Crippen molar-refractivity contribution >= 4 is 39.1 Å². The number of amides is 1. The number of nitrogens with one attached hydrogen (secondary N) is 1. The van der Waals surface area contributed by atoms with Crippen molar-refractivity contribution in [1.82, 2.24) is 4.98 Å². The summed E-state index contributed by atoms with van der Waals surface area (Å²) in [6.45, 7) is 0.952. The van der Waals surface area contributed by atoms with E-state index in [9.17, 15) is 4.79 Å². The van der Waals surface area contributed by atoms with E-state index in [4.69, 9.17) is 21.1 Å². The fourth-order valence-electron chi connectivity index (χ4n) is 1.90. The van der Waals surface area contributed by atoms with Gasteiger partial charge >= 0.3 is 0 Å². The molecule has 0 saturated heterocycles. The zero-order valence-electron chi connectivity index (χ0n) is 10.7. The van der Waals surface area contributed by atoms with Crippen LogP contribution in [0.3, 0.4) is 0 Å². The topological polar surface area (TPSA) is 60.5 Å². The number of anilines is 1. The Morgan fingerprint density at radius 2 is 2.00 bits per heavy atom. The highest BCUT2D eigenvalue weighted by Gasteiger charge is 2.17. The number of ether oxygens (including phenoxy) is 2. The molecule has 2 heterocycles. The number of halogens is 2. The Balaban J connectivity index is 1.88. The van der Waals surface area contributed by atoms with E-state index in [1.165, 1.54) is 0 Å². The number of rotatable bonds is 2. The maximum atomic E-state index is 12.2. The Kier molecular flexibility index (Phi) is 3.98. The van der Waals surface area contributed by atoms with E-state index in [0.717, 1.165) is 0 Å². The molecule has 5 nitrogen and oxygen atoms in total. The molecule has 2 aromatic rings. The van der Waals surface area contributed by atoms with Crippen LogP contribution in [0.25, 0.3) is 0 Å².